The molecule has 2 aromatic rings. The van der Waals surface area contributed by atoms with E-state index >= 15 is 0 Å². The summed E-state index contributed by atoms with van der Waals surface area (Å²) in [4.78, 5) is 28.5. The number of nitrogens with one attached hydrogen (secondary N) is 2. The van der Waals surface area contributed by atoms with Crippen LogP contribution in [0, 0.1) is 19.8 Å². The predicted molar refractivity (Wildman–Crippen MR) is 115 cm³/mol. The first-order valence-corrected chi connectivity index (χ1v) is 7.19. The molecule has 0 saturated heterocycles. The molecule has 2 rings (SSSR count). The Labute approximate surface area is 204 Å². The van der Waals surface area contributed by atoms with Crippen LogP contribution in [0.3, 0.4) is 0 Å². The molecule has 0 aliphatic heterocycles. The number of nitrogen functional groups attached to an aromatic ring is 1. The molecule has 0 atom stereocenters. The largest absolute Gasteiger partial charge is 0.479 e. The Bertz CT molecular complexity index is 739. The number of methoxy groups -OCH3 is 2. The third kappa shape index (κ3) is 11.0. The van der Waals surface area contributed by atoms with Gasteiger partial charge in [0.05, 0.1) is 26.0 Å². The number of carbonyl (C=O) groups excluding carboxylic acids is 2. The summed E-state index contributed by atoms with van der Waals surface area (Å²) in [6.45, 7) is 5.00. The average Bonchev–Trinajstić information content (AvgIpc) is 3.19. The number of rotatable bonds is 5. The Morgan fingerprint density at radius 1 is 1.30 bits per heavy atom. The maximum Gasteiger partial charge on any atom is 0.341 e. The van der Waals surface area contributed by atoms with Gasteiger partial charge in [-0.2, -0.15) is 17.0 Å². The fourth-order valence-electron chi connectivity index (χ4n) is 1.48. The van der Waals surface area contributed by atoms with Gasteiger partial charge in [-0.3, -0.25) is 4.79 Å². The van der Waals surface area contributed by atoms with Gasteiger partial charge >= 0.3 is 5.97 Å². The second-order valence-electron chi connectivity index (χ2n) is 4.05. The Morgan fingerprint density at radius 3 is 2.23 bits per heavy atom. The van der Waals surface area contributed by atoms with E-state index in [4.69, 9.17) is 20.7 Å². The van der Waals surface area contributed by atoms with Gasteiger partial charge in [-0.25, -0.2) is 14.5 Å². The Hall–Kier alpha value is -2.40. The van der Waals surface area contributed by atoms with Crippen molar-refractivity contribution in [3.05, 3.63) is 38.0 Å². The van der Waals surface area contributed by atoms with Crippen molar-refractivity contribution in [2.45, 2.75) is 21.8 Å². The van der Waals surface area contributed by atoms with Crippen LogP contribution in [0.2, 0.25) is 0 Å². The van der Waals surface area contributed by atoms with E-state index in [-0.39, 0.29) is 83.8 Å². The van der Waals surface area contributed by atoms with Crippen molar-refractivity contribution in [3.8, 4) is 11.8 Å². The molecule has 2 heterocycles. The molecular formula is C18H33N7O4Y-2. The van der Waals surface area contributed by atoms with E-state index in [1.54, 1.807) is 14.0 Å². The summed E-state index contributed by atoms with van der Waals surface area (Å²) in [5.74, 6) is -0.265. The van der Waals surface area contributed by atoms with Crippen LogP contribution in [0.25, 0.3) is 5.95 Å². The molecule has 2 aromatic heterocycles. The molecular weight excluding hydrogens is 467 g/mol. The van der Waals surface area contributed by atoms with Gasteiger partial charge in [-0.15, -0.1) is 0 Å². The van der Waals surface area contributed by atoms with Crippen LogP contribution in [-0.4, -0.2) is 59.6 Å². The summed E-state index contributed by atoms with van der Waals surface area (Å²) >= 11 is 0. The van der Waals surface area contributed by atoms with Gasteiger partial charge in [-0.05, 0) is 0 Å². The number of hydrogen-bond acceptors (Lipinski definition) is 9. The number of carbonyl (C=O) groups is 2. The molecule has 12 heteroatoms. The second-order valence-corrected chi connectivity index (χ2v) is 4.05. The third-order valence-electron chi connectivity index (χ3n) is 2.58. The topological polar surface area (TPSA) is 158 Å². The van der Waals surface area contributed by atoms with E-state index in [1.165, 1.54) is 31.3 Å². The minimum atomic E-state index is -0.522. The maximum atomic E-state index is 11.4. The van der Waals surface area contributed by atoms with E-state index in [9.17, 15) is 4.79 Å². The minimum Gasteiger partial charge on any atom is -0.479 e. The molecule has 1 amide bonds. The van der Waals surface area contributed by atoms with Crippen LogP contribution < -0.4 is 15.8 Å². The number of nitrogens with two attached hydrogens (primary N) is 1. The first-order chi connectivity index (χ1) is 12.5. The van der Waals surface area contributed by atoms with Gasteiger partial charge in [0.1, 0.15) is 11.4 Å². The summed E-state index contributed by atoms with van der Waals surface area (Å²) < 4.78 is 10.9. The predicted octanol–water partition coefficient (Wildman–Crippen LogP) is 1.96. The molecule has 169 valence electrons. The number of aromatic nitrogens is 4. The Balaban J connectivity index is -0.000000188. The molecule has 0 aliphatic carbocycles. The van der Waals surface area contributed by atoms with Gasteiger partial charge in [0.15, 0.2) is 0 Å². The molecule has 0 bridgehead atoms. The molecule has 0 aromatic carbocycles. The summed E-state index contributed by atoms with van der Waals surface area (Å²) in [7, 11) is 4.24. The van der Waals surface area contributed by atoms with Gasteiger partial charge < -0.3 is 40.3 Å². The maximum absolute atomic E-state index is 11.4. The zero-order valence-electron chi connectivity index (χ0n) is 16.6. The smallest absolute Gasteiger partial charge is 0.341 e. The number of nitrogens with zero attached hydrogens (tertiary/aromatic N) is 4. The van der Waals surface area contributed by atoms with Gasteiger partial charge in [0, 0.05) is 52.2 Å². The molecule has 30 heavy (non-hydrogen) atoms. The van der Waals surface area contributed by atoms with E-state index in [1.807, 2.05) is 0 Å². The summed E-state index contributed by atoms with van der Waals surface area (Å²) in [6.07, 6.45) is 4.33. The summed E-state index contributed by atoms with van der Waals surface area (Å²) in [6, 6.07) is 0. The minimum absolute atomic E-state index is 0. The zero-order valence-corrected chi connectivity index (χ0v) is 19.4. The van der Waals surface area contributed by atoms with E-state index in [0.29, 0.717) is 6.41 Å². The number of esters is 1. The van der Waals surface area contributed by atoms with Crippen LogP contribution in [0.1, 0.15) is 37.8 Å². The first kappa shape index (κ1) is 38.2. The van der Waals surface area contributed by atoms with Crippen LogP contribution >= 0.6 is 0 Å². The Morgan fingerprint density at radius 2 is 1.83 bits per heavy atom. The van der Waals surface area contributed by atoms with Crippen LogP contribution in [0.4, 0.5) is 5.69 Å². The SMILES string of the molecule is C.C.CNC=O.COC(=O)c1cnn(-c2nc(C=N)c(N)c(OC)n2)c1.[CH2-]C.[CH3-].[Y]. The summed E-state index contributed by atoms with van der Waals surface area (Å²) in [5, 5.41) is 13.5. The Kier molecular flexibility index (Phi) is 27.2. The molecule has 0 fully saturated rings. The van der Waals surface area contributed by atoms with Crippen molar-refractivity contribution in [1.82, 2.24) is 25.1 Å². The number of hydrogen-bond donors (Lipinski definition) is 3. The van der Waals surface area contributed by atoms with Crippen LogP contribution in [0.15, 0.2) is 12.4 Å². The molecule has 1 radical (unpaired) electrons. The normalized spacial score (nSPS) is 7.63. The molecule has 4 N–H and O–H groups in total. The summed E-state index contributed by atoms with van der Waals surface area (Å²) in [5.41, 5.74) is 6.33. The van der Waals surface area contributed by atoms with Crippen LogP contribution in [-0.2, 0) is 42.2 Å². The van der Waals surface area contributed by atoms with Crippen molar-refractivity contribution in [2.75, 3.05) is 27.0 Å². The average molecular weight is 500 g/mol. The van der Waals surface area contributed by atoms with Gasteiger partial charge in [-0.1, -0.05) is 14.9 Å². The van der Waals surface area contributed by atoms with Crippen LogP contribution in [0.5, 0.6) is 5.88 Å². The molecule has 0 unspecified atom stereocenters. The van der Waals surface area contributed by atoms with Gasteiger partial charge in [0.2, 0.25) is 12.3 Å². The van der Waals surface area contributed by atoms with Crippen molar-refractivity contribution in [3.63, 3.8) is 0 Å². The van der Waals surface area contributed by atoms with Crippen molar-refractivity contribution in [2.24, 2.45) is 0 Å². The van der Waals surface area contributed by atoms with E-state index in [2.05, 4.69) is 32.0 Å². The van der Waals surface area contributed by atoms with Crippen molar-refractivity contribution < 1.29 is 51.8 Å². The number of amides is 1. The van der Waals surface area contributed by atoms with Crippen molar-refractivity contribution >= 4 is 24.3 Å². The molecule has 0 spiro atoms. The molecule has 11 nitrogen and oxygen atoms in total. The number of anilines is 1. The van der Waals surface area contributed by atoms with Gasteiger partial charge in [0.25, 0.3) is 5.95 Å². The fourth-order valence-corrected chi connectivity index (χ4v) is 1.48. The first-order valence-electron chi connectivity index (χ1n) is 7.19. The third-order valence-corrected chi connectivity index (χ3v) is 2.58. The molecule has 0 saturated carbocycles. The van der Waals surface area contributed by atoms with E-state index in [0.717, 1.165) is 6.21 Å². The molecule has 0 aliphatic rings. The van der Waals surface area contributed by atoms with Crippen molar-refractivity contribution in [1.29, 1.82) is 5.41 Å². The number of ether oxygens (including phenoxy) is 2. The second kappa shape index (κ2) is 21.3. The monoisotopic (exact) mass is 500 g/mol. The van der Waals surface area contributed by atoms with E-state index < -0.39 is 5.97 Å². The standard InChI is InChI=1S/C11H12N6O3.C2H5NO.C2H5.2CH4.CH3.Y/c1-19-9-8(13)7(3-12)15-11(16-9)17-5-6(4-14-17)10(18)20-2;1-3-2-4;1-2;;;;/h3-5,12H,13H2,1-2H3;2H,1H3,(H,3,4);1H2,2H3;2*1H4;1H3;/q;;-1;;;-1;. The quantitative estimate of drug-likeness (QED) is 0.243. The zero-order chi connectivity index (χ0) is 20.1. The fraction of sp³-hybridized carbons (Fsp3) is 0.333.